The predicted octanol–water partition coefficient (Wildman–Crippen LogP) is 2.66. The Hall–Kier alpha value is -1.68. The molecule has 0 saturated carbocycles. The van der Waals surface area contributed by atoms with Gasteiger partial charge in [-0.3, -0.25) is 4.79 Å². The van der Waals surface area contributed by atoms with Crippen LogP contribution in [0.25, 0.3) is 0 Å². The van der Waals surface area contributed by atoms with Gasteiger partial charge < -0.3 is 10.2 Å². The van der Waals surface area contributed by atoms with Crippen molar-refractivity contribution >= 4 is 44.6 Å². The van der Waals surface area contributed by atoms with Crippen LogP contribution in [0.3, 0.4) is 0 Å². The van der Waals surface area contributed by atoms with E-state index in [-0.39, 0.29) is 29.0 Å². The molecule has 1 aromatic heterocycles. The van der Waals surface area contributed by atoms with Gasteiger partial charge in [-0.15, -0.1) is 11.3 Å². The summed E-state index contributed by atoms with van der Waals surface area (Å²) in [4.78, 5) is 14.5. The zero-order chi connectivity index (χ0) is 19.2. The summed E-state index contributed by atoms with van der Waals surface area (Å²) in [5, 5.41) is 2.84. The van der Waals surface area contributed by atoms with Gasteiger partial charge >= 0.3 is 0 Å². The molecule has 6 nitrogen and oxygen atoms in total. The Morgan fingerprint density at radius 3 is 2.37 bits per heavy atom. The molecule has 0 aliphatic carbocycles. The third kappa shape index (κ3) is 3.12. The zero-order valence-corrected chi connectivity index (χ0v) is 16.6. The maximum Gasteiger partial charge on any atom is 0.252 e. The highest BCUT2D eigenvalue weighted by Crippen LogP contribution is 2.38. The third-order valence-electron chi connectivity index (χ3n) is 5.17. The highest BCUT2D eigenvalue weighted by Gasteiger charge is 2.51. The second kappa shape index (κ2) is 6.73. The van der Waals surface area contributed by atoms with Crippen LogP contribution in [0, 0.1) is 5.82 Å². The summed E-state index contributed by atoms with van der Waals surface area (Å²) in [5.41, 5.74) is -0.0900. The van der Waals surface area contributed by atoms with Gasteiger partial charge in [0.25, 0.3) is 10.0 Å². The predicted molar refractivity (Wildman–Crippen MR) is 102 cm³/mol. The molecule has 1 amide bonds. The van der Waals surface area contributed by atoms with Gasteiger partial charge in [0.15, 0.2) is 0 Å². The minimum atomic E-state index is -3.63. The number of hydrogen-bond acceptors (Lipinski definition) is 5. The summed E-state index contributed by atoms with van der Waals surface area (Å²) in [5.74, 6) is -0.468. The van der Waals surface area contributed by atoms with Gasteiger partial charge in [0.05, 0.1) is 11.0 Å². The first-order valence-electron chi connectivity index (χ1n) is 8.40. The van der Waals surface area contributed by atoms with Crippen LogP contribution in [0.2, 0.25) is 4.34 Å². The zero-order valence-electron chi connectivity index (χ0n) is 14.2. The molecular formula is C17H17ClFN3O3S2. The van der Waals surface area contributed by atoms with E-state index in [1.165, 1.54) is 22.5 Å². The van der Waals surface area contributed by atoms with Crippen molar-refractivity contribution in [2.24, 2.45) is 0 Å². The number of carbonyl (C=O) groups excluding carboxylic acids is 1. The van der Waals surface area contributed by atoms with E-state index in [1.54, 1.807) is 18.2 Å². The molecule has 1 aromatic carbocycles. The van der Waals surface area contributed by atoms with Gasteiger partial charge in [-0.2, -0.15) is 4.31 Å². The SMILES string of the molecule is O=C1NCN(c2ccc(F)cc2)C12CCN(S(=O)(=O)c1ccc(Cl)s1)CC2. The van der Waals surface area contributed by atoms with Gasteiger partial charge in [0.1, 0.15) is 15.6 Å². The smallest absolute Gasteiger partial charge is 0.252 e. The Labute approximate surface area is 165 Å². The van der Waals surface area contributed by atoms with Crippen molar-refractivity contribution in [3.05, 3.63) is 46.6 Å². The molecule has 2 aliphatic rings. The Kier molecular flexibility index (Phi) is 4.66. The van der Waals surface area contributed by atoms with E-state index in [1.807, 2.05) is 4.90 Å². The van der Waals surface area contributed by atoms with Crippen LogP contribution in [0.1, 0.15) is 12.8 Å². The number of nitrogens with zero attached hydrogens (tertiary/aromatic N) is 2. The lowest BCUT2D eigenvalue weighted by molar-refractivity contribution is -0.124. The minimum Gasteiger partial charge on any atom is -0.339 e. The molecule has 1 N–H and O–H groups in total. The number of carbonyl (C=O) groups is 1. The largest absolute Gasteiger partial charge is 0.339 e. The van der Waals surface area contributed by atoms with E-state index in [4.69, 9.17) is 11.6 Å². The molecule has 1 spiro atoms. The molecule has 0 atom stereocenters. The molecule has 144 valence electrons. The number of benzene rings is 1. The molecule has 27 heavy (non-hydrogen) atoms. The van der Waals surface area contributed by atoms with Crippen LogP contribution in [-0.4, -0.2) is 43.9 Å². The van der Waals surface area contributed by atoms with Crippen LogP contribution in [0.4, 0.5) is 10.1 Å². The molecule has 2 aromatic rings. The number of sulfonamides is 1. The van der Waals surface area contributed by atoms with Crippen molar-refractivity contribution < 1.29 is 17.6 Å². The van der Waals surface area contributed by atoms with Crippen molar-refractivity contribution in [2.75, 3.05) is 24.7 Å². The average molecular weight is 430 g/mol. The number of halogens is 2. The lowest BCUT2D eigenvalue weighted by Crippen LogP contribution is -2.57. The molecule has 0 bridgehead atoms. The molecule has 0 unspecified atom stereocenters. The highest BCUT2D eigenvalue weighted by atomic mass is 35.5. The van der Waals surface area contributed by atoms with Crippen LogP contribution < -0.4 is 10.2 Å². The van der Waals surface area contributed by atoms with Crippen molar-refractivity contribution in [1.82, 2.24) is 9.62 Å². The summed E-state index contributed by atoms with van der Waals surface area (Å²) >= 11 is 6.89. The molecule has 4 rings (SSSR count). The normalized spacial score (nSPS) is 20.2. The van der Waals surface area contributed by atoms with Crippen LogP contribution in [0.15, 0.2) is 40.6 Å². The van der Waals surface area contributed by atoms with Crippen LogP contribution in [0.5, 0.6) is 0 Å². The molecule has 3 heterocycles. The number of rotatable bonds is 3. The summed E-state index contributed by atoms with van der Waals surface area (Å²) in [6.07, 6.45) is 0.711. The van der Waals surface area contributed by atoms with Gasteiger partial charge in [-0.25, -0.2) is 12.8 Å². The summed E-state index contributed by atoms with van der Waals surface area (Å²) < 4.78 is 40.9. The maximum atomic E-state index is 13.2. The Morgan fingerprint density at radius 2 is 1.78 bits per heavy atom. The standard InChI is InChI=1S/C17H17ClFN3O3S2/c18-14-5-6-15(26-14)27(24,25)21-9-7-17(8-10-21)16(23)20-11-22(17)13-3-1-12(19)2-4-13/h1-6H,7-11H2,(H,20,23). The van der Waals surface area contributed by atoms with E-state index in [0.29, 0.717) is 23.8 Å². The molecular weight excluding hydrogens is 413 g/mol. The van der Waals surface area contributed by atoms with Crippen LogP contribution >= 0.6 is 22.9 Å². The molecule has 2 aliphatic heterocycles. The lowest BCUT2D eigenvalue weighted by atomic mass is 9.86. The third-order valence-corrected chi connectivity index (χ3v) is 8.76. The Balaban J connectivity index is 1.57. The molecule has 2 saturated heterocycles. The monoisotopic (exact) mass is 429 g/mol. The van der Waals surface area contributed by atoms with E-state index in [9.17, 15) is 17.6 Å². The highest BCUT2D eigenvalue weighted by molar-refractivity contribution is 7.91. The first-order valence-corrected chi connectivity index (χ1v) is 11.0. The van der Waals surface area contributed by atoms with Crippen molar-refractivity contribution in [3.63, 3.8) is 0 Å². The van der Waals surface area contributed by atoms with E-state index >= 15 is 0 Å². The lowest BCUT2D eigenvalue weighted by Gasteiger charge is -2.42. The van der Waals surface area contributed by atoms with Gasteiger partial charge in [0, 0.05) is 18.8 Å². The number of piperidine rings is 1. The van der Waals surface area contributed by atoms with Crippen LogP contribution in [-0.2, 0) is 14.8 Å². The van der Waals surface area contributed by atoms with E-state index < -0.39 is 15.6 Å². The Morgan fingerprint density at radius 1 is 1.11 bits per heavy atom. The fraction of sp³-hybridized carbons (Fsp3) is 0.353. The molecule has 2 fully saturated rings. The Bertz CT molecular complexity index is 970. The van der Waals surface area contributed by atoms with Gasteiger partial charge in [-0.1, -0.05) is 11.6 Å². The fourth-order valence-electron chi connectivity index (χ4n) is 3.71. The fourth-order valence-corrected chi connectivity index (χ4v) is 6.78. The second-order valence-corrected chi connectivity index (χ2v) is 10.4. The van der Waals surface area contributed by atoms with E-state index in [2.05, 4.69) is 5.32 Å². The number of anilines is 1. The van der Waals surface area contributed by atoms with E-state index in [0.717, 1.165) is 17.0 Å². The average Bonchev–Trinajstić information content (AvgIpc) is 3.22. The number of amides is 1. The quantitative estimate of drug-likeness (QED) is 0.814. The number of nitrogens with one attached hydrogen (secondary N) is 1. The minimum absolute atomic E-state index is 0.122. The van der Waals surface area contributed by atoms with Gasteiger partial charge in [-0.05, 0) is 49.2 Å². The van der Waals surface area contributed by atoms with Crippen molar-refractivity contribution in [2.45, 2.75) is 22.6 Å². The number of thiophene rings is 1. The first-order chi connectivity index (χ1) is 12.8. The first kappa shape index (κ1) is 18.7. The number of hydrogen-bond donors (Lipinski definition) is 1. The van der Waals surface area contributed by atoms with Crippen molar-refractivity contribution in [1.29, 1.82) is 0 Å². The molecule has 0 radical (unpaired) electrons. The van der Waals surface area contributed by atoms with Gasteiger partial charge in [0.2, 0.25) is 5.91 Å². The summed E-state index contributed by atoms with van der Waals surface area (Å²) in [6, 6.07) is 9.03. The second-order valence-electron chi connectivity index (χ2n) is 6.56. The van der Waals surface area contributed by atoms with Crippen molar-refractivity contribution in [3.8, 4) is 0 Å². The topological polar surface area (TPSA) is 69.7 Å². The molecule has 10 heteroatoms. The summed E-state index contributed by atoms with van der Waals surface area (Å²) in [6.45, 7) is 0.768. The summed E-state index contributed by atoms with van der Waals surface area (Å²) in [7, 11) is -3.63. The maximum absolute atomic E-state index is 13.2.